The summed E-state index contributed by atoms with van der Waals surface area (Å²) in [5, 5.41) is 135. The molecule has 3 fully saturated rings. The summed E-state index contributed by atoms with van der Waals surface area (Å²) in [6, 6.07) is 6.93. The van der Waals surface area contributed by atoms with Gasteiger partial charge in [0.2, 0.25) is 12.0 Å². The smallest absolute Gasteiger partial charge is 0.402 e. The molecule has 3 saturated heterocycles. The minimum atomic E-state index is -2.00. The highest BCUT2D eigenvalue weighted by Gasteiger charge is 2.52. The fraction of sp³-hybridized carbons (Fsp3) is 0.545. The van der Waals surface area contributed by atoms with Crippen LogP contribution in [0.4, 0.5) is 0 Å². The molecule has 13 N–H and O–H groups in total. The van der Waals surface area contributed by atoms with Crippen molar-refractivity contribution in [2.24, 2.45) is 0 Å². The van der Waals surface area contributed by atoms with Gasteiger partial charge >= 0.3 is 11.3 Å². The Balaban J connectivity index is 1.37. The lowest BCUT2D eigenvalue weighted by molar-refractivity contribution is -0.362. The van der Waals surface area contributed by atoms with Gasteiger partial charge in [-0.3, -0.25) is 0 Å². The van der Waals surface area contributed by atoms with Crippen LogP contribution in [0.5, 0.6) is 28.7 Å². The van der Waals surface area contributed by atoms with Crippen molar-refractivity contribution in [1.82, 2.24) is 0 Å². The zero-order chi connectivity index (χ0) is 38.5. The summed E-state index contributed by atoms with van der Waals surface area (Å²) in [6.07, 6.45) is -25.4. The zero-order valence-corrected chi connectivity index (χ0v) is 27.7. The first kappa shape index (κ1) is 39.0. The third kappa shape index (κ3) is 7.65. The number of hydrogen-bond donors (Lipinski definition) is 13. The van der Waals surface area contributed by atoms with E-state index in [0.717, 1.165) is 24.3 Å². The molecular weight excluding hydrogens is 716 g/mol. The van der Waals surface area contributed by atoms with Gasteiger partial charge in [0.05, 0.1) is 30.9 Å². The van der Waals surface area contributed by atoms with Gasteiger partial charge in [0.25, 0.3) is 0 Å². The highest BCUT2D eigenvalue weighted by molar-refractivity contribution is 5.88. The molecule has 4 heterocycles. The van der Waals surface area contributed by atoms with Crippen LogP contribution >= 0.6 is 0 Å². The largest absolute Gasteiger partial charge is 0.507 e. The second-order valence-corrected chi connectivity index (χ2v) is 13.0. The lowest BCUT2D eigenvalue weighted by Crippen LogP contribution is -2.65. The maximum Gasteiger partial charge on any atom is 0.402 e. The number of aromatic hydroxyl groups is 4. The Bertz CT molecular complexity index is 1740. The molecule has 0 amide bonds. The molecule has 15 atom stereocenters. The number of ether oxygens (including phenoxy) is 6. The third-order valence-corrected chi connectivity index (χ3v) is 9.31. The Morgan fingerprint density at radius 2 is 1.30 bits per heavy atom. The minimum Gasteiger partial charge on any atom is -0.507 e. The van der Waals surface area contributed by atoms with Crippen molar-refractivity contribution in [3.05, 3.63) is 36.4 Å². The van der Waals surface area contributed by atoms with Crippen LogP contribution in [-0.4, -0.2) is 172 Å². The van der Waals surface area contributed by atoms with E-state index < -0.39 is 123 Å². The number of phenols is 4. The van der Waals surface area contributed by atoms with Crippen LogP contribution < -0.4 is 4.74 Å². The topological polar surface area (TPSA) is 330 Å². The van der Waals surface area contributed by atoms with Crippen molar-refractivity contribution in [2.75, 3.05) is 13.2 Å². The maximum absolute atomic E-state index is 11.4. The lowest BCUT2D eigenvalue weighted by atomic mass is 9.97. The fourth-order valence-electron chi connectivity index (χ4n) is 6.22. The number of aliphatic hydroxyl groups excluding tert-OH is 9. The molecule has 0 spiro atoms. The summed E-state index contributed by atoms with van der Waals surface area (Å²) in [5.41, 5.74) is -0.00795. The molecule has 7 unspecified atom stereocenters. The number of rotatable bonds is 9. The number of phenolic OH excluding ortho intramolecular Hbond substituents is 4. The van der Waals surface area contributed by atoms with Gasteiger partial charge in [-0.25, -0.2) is 4.42 Å². The molecule has 0 radical (unpaired) electrons. The predicted octanol–water partition coefficient (Wildman–Crippen LogP) is -2.94. The molecule has 53 heavy (non-hydrogen) atoms. The van der Waals surface area contributed by atoms with Crippen LogP contribution in [0.25, 0.3) is 22.3 Å². The standard InChI is InChI=1S/C33H40O20/c1-10-21(39)24(42)27(45)31(48-10)47-9-20-23(41)26(44)30(53-32-28(46)25(43)22(40)19(8-34)51-32)33(52-20)50-18-7-13-15(37)5-12(35)6-17(13)49-29(18)11-2-3-14(36)16(38)4-11/h2-7,10,19-28,30-34,39-46H,8-9H2,1H3,(H3-,35,36,37,38)/p+1/t10?,19?,20?,21-,22+,23+,24-,25?,26?,27?,28+,30?,31+,32-,33+/m0/s1. The molecule has 20 nitrogen and oxygen atoms in total. The van der Waals surface area contributed by atoms with E-state index in [2.05, 4.69) is 0 Å². The van der Waals surface area contributed by atoms with E-state index in [0.29, 0.717) is 0 Å². The normalized spacial score (nSPS) is 37.8. The molecule has 6 rings (SSSR count). The summed E-state index contributed by atoms with van der Waals surface area (Å²) in [4.78, 5) is 0. The van der Waals surface area contributed by atoms with Crippen molar-refractivity contribution in [3.8, 4) is 40.1 Å². The number of aliphatic hydroxyl groups is 9. The van der Waals surface area contributed by atoms with Gasteiger partial charge in [-0.15, -0.1) is 0 Å². The van der Waals surface area contributed by atoms with Gasteiger partial charge < -0.3 is 94.8 Å². The summed E-state index contributed by atoms with van der Waals surface area (Å²) >= 11 is 0. The average Bonchev–Trinajstić information content (AvgIpc) is 3.12. The Labute approximate surface area is 299 Å². The van der Waals surface area contributed by atoms with E-state index >= 15 is 0 Å². The average molecular weight is 758 g/mol. The predicted molar refractivity (Wildman–Crippen MR) is 171 cm³/mol. The fourth-order valence-corrected chi connectivity index (χ4v) is 6.22. The SMILES string of the molecule is CC1O[C@@H](OCC2O[C@@H](Oc3cc4c(O)cc(O)cc4[o+]c3-c3ccc(O)c(O)c3)C(O[C@@H]3OC(CO)[C@@H](O)C(O)[C@H]3O)C(O)[C@@H]2O)C(O)[C@@H](O)[C@H]1O. The van der Waals surface area contributed by atoms with Crippen LogP contribution in [0.2, 0.25) is 0 Å². The number of benzene rings is 2. The van der Waals surface area contributed by atoms with E-state index in [4.69, 9.17) is 32.8 Å². The van der Waals surface area contributed by atoms with Crippen LogP contribution in [0.3, 0.4) is 0 Å². The van der Waals surface area contributed by atoms with E-state index in [9.17, 15) is 66.4 Å². The Kier molecular flexibility index (Phi) is 11.5. The Morgan fingerprint density at radius 3 is 2.00 bits per heavy atom. The van der Waals surface area contributed by atoms with E-state index in [1.807, 2.05) is 0 Å². The van der Waals surface area contributed by atoms with E-state index in [-0.39, 0.29) is 33.8 Å². The minimum absolute atomic E-state index is 0.0227. The van der Waals surface area contributed by atoms with E-state index in [1.165, 1.54) is 19.1 Å². The van der Waals surface area contributed by atoms with Gasteiger partial charge in [-0.1, -0.05) is 0 Å². The molecule has 3 aliphatic rings. The van der Waals surface area contributed by atoms with Gasteiger partial charge in [-0.05, 0) is 19.1 Å². The Morgan fingerprint density at radius 1 is 0.642 bits per heavy atom. The van der Waals surface area contributed by atoms with Gasteiger partial charge in [0.1, 0.15) is 77.9 Å². The van der Waals surface area contributed by atoms with Crippen molar-refractivity contribution >= 4 is 11.0 Å². The first-order valence-corrected chi connectivity index (χ1v) is 16.4. The second-order valence-electron chi connectivity index (χ2n) is 13.0. The molecule has 3 aliphatic heterocycles. The van der Waals surface area contributed by atoms with Crippen molar-refractivity contribution in [2.45, 2.75) is 99.0 Å². The highest BCUT2D eigenvalue weighted by atomic mass is 16.8. The maximum atomic E-state index is 11.4. The molecule has 1 aromatic heterocycles. The molecule has 20 heteroatoms. The molecular formula is C33H41O20+. The zero-order valence-electron chi connectivity index (χ0n) is 27.7. The molecule has 0 bridgehead atoms. The van der Waals surface area contributed by atoms with Gasteiger partial charge in [0, 0.05) is 18.2 Å². The summed E-state index contributed by atoms with van der Waals surface area (Å²) in [7, 11) is 0. The van der Waals surface area contributed by atoms with Gasteiger partial charge in [0.15, 0.2) is 30.2 Å². The van der Waals surface area contributed by atoms with Crippen molar-refractivity contribution in [3.63, 3.8) is 0 Å². The highest BCUT2D eigenvalue weighted by Crippen LogP contribution is 2.43. The monoisotopic (exact) mass is 757 g/mol. The number of hydrogen-bond acceptors (Lipinski definition) is 19. The molecule has 0 saturated carbocycles. The van der Waals surface area contributed by atoms with Crippen LogP contribution in [0, 0.1) is 0 Å². The quantitative estimate of drug-likeness (QED) is 0.0767. The molecule has 2 aromatic carbocycles. The molecule has 0 aliphatic carbocycles. The third-order valence-electron chi connectivity index (χ3n) is 9.31. The van der Waals surface area contributed by atoms with Crippen LogP contribution in [0.1, 0.15) is 6.92 Å². The summed E-state index contributed by atoms with van der Waals surface area (Å²) < 4.78 is 40.4. The van der Waals surface area contributed by atoms with Crippen molar-refractivity contribution < 1.29 is 99.2 Å². The summed E-state index contributed by atoms with van der Waals surface area (Å²) in [5.74, 6) is -2.41. The van der Waals surface area contributed by atoms with Crippen molar-refractivity contribution in [1.29, 1.82) is 0 Å². The number of fused-ring (bicyclic) bond motifs is 1. The Hall–Kier alpha value is -3.71. The first-order chi connectivity index (χ1) is 25.1. The summed E-state index contributed by atoms with van der Waals surface area (Å²) in [6.45, 7) is -0.0603. The molecule has 292 valence electrons. The van der Waals surface area contributed by atoms with Gasteiger partial charge in [-0.2, -0.15) is 0 Å². The molecule has 3 aromatic rings. The lowest BCUT2D eigenvalue weighted by Gasteiger charge is -2.46. The second kappa shape index (κ2) is 15.6. The van der Waals surface area contributed by atoms with Crippen LogP contribution in [0.15, 0.2) is 40.8 Å². The first-order valence-electron chi connectivity index (χ1n) is 16.4. The van der Waals surface area contributed by atoms with Crippen LogP contribution in [-0.2, 0) is 23.7 Å². The van der Waals surface area contributed by atoms with E-state index in [1.54, 1.807) is 0 Å².